The third-order valence-corrected chi connectivity index (χ3v) is 9.02. The summed E-state index contributed by atoms with van der Waals surface area (Å²) >= 11 is 0. The molecule has 1 aliphatic heterocycles. The van der Waals surface area contributed by atoms with Crippen molar-refractivity contribution in [1.29, 1.82) is 0 Å². The number of hydrogen-bond acceptors (Lipinski definition) is 10. The summed E-state index contributed by atoms with van der Waals surface area (Å²) in [6.07, 6.45) is -6.07. The number of carbonyl (C=O) groups excluding carboxylic acids is 2. The summed E-state index contributed by atoms with van der Waals surface area (Å²) in [6, 6.07) is 14.3. The molecule has 7 N–H and O–H groups in total. The number of carbonyl (C=O) groups is 2. The zero-order chi connectivity index (χ0) is 32.1. The van der Waals surface area contributed by atoms with Gasteiger partial charge in [-0.15, -0.1) is 0 Å². The lowest BCUT2D eigenvalue weighted by Crippen LogP contribution is -2.54. The Morgan fingerprint density at radius 3 is 2.05 bits per heavy atom. The third-order valence-electron chi connectivity index (χ3n) is 9.02. The highest BCUT2D eigenvalue weighted by atomic mass is 16.5. The Balaban J connectivity index is 1.67. The molecular weight excluding hydrogens is 564 g/mol. The highest BCUT2D eigenvalue weighted by molar-refractivity contribution is 6.07. The summed E-state index contributed by atoms with van der Waals surface area (Å²) in [7, 11) is 0. The van der Waals surface area contributed by atoms with Gasteiger partial charge >= 0.3 is 0 Å². The van der Waals surface area contributed by atoms with Gasteiger partial charge in [0.05, 0.1) is 12.7 Å². The van der Waals surface area contributed by atoms with Crippen LogP contribution in [0.15, 0.2) is 71.1 Å². The van der Waals surface area contributed by atoms with E-state index in [9.17, 15) is 35.1 Å². The second-order valence-electron chi connectivity index (χ2n) is 13.6. The van der Waals surface area contributed by atoms with Crippen molar-refractivity contribution in [3.05, 3.63) is 71.1 Å². The molecule has 1 unspecified atom stereocenters. The molecule has 10 nitrogen and oxygen atoms in total. The summed E-state index contributed by atoms with van der Waals surface area (Å²) in [5.74, 6) is -0.560. The van der Waals surface area contributed by atoms with Gasteiger partial charge in [0.2, 0.25) is 0 Å². The second-order valence-corrected chi connectivity index (χ2v) is 13.6. The fourth-order valence-corrected chi connectivity index (χ4v) is 6.75. The van der Waals surface area contributed by atoms with Crippen LogP contribution in [0.3, 0.4) is 0 Å². The molecular formula is C34H42N2O8. The standard InChI is InChI=1S/C34H42N2O8/c1-33(2)15-22-26(24(39)16-33)28(30(42)31(43)29(41)25(40)17-37)27-23(38)13-14-34(3,4)32(27)36(22)19-7-11-21(12-8-19)44-20-9-5-18(35)6-10-20/h5-12,25,28-31,37,40-43H,13-17,35H2,1-4H3/t25-,28?,29-,30+,31+/m1/s1. The molecule has 0 spiro atoms. The van der Waals surface area contributed by atoms with Crippen LogP contribution in [0.1, 0.15) is 53.4 Å². The second kappa shape index (κ2) is 11.8. The van der Waals surface area contributed by atoms with Crippen molar-refractivity contribution in [3.8, 4) is 11.5 Å². The van der Waals surface area contributed by atoms with Crippen molar-refractivity contribution in [2.45, 2.75) is 77.8 Å². The number of nitrogens with two attached hydrogens (primary N) is 1. The van der Waals surface area contributed by atoms with E-state index in [-0.39, 0.29) is 35.6 Å². The monoisotopic (exact) mass is 606 g/mol. The lowest BCUT2D eigenvalue weighted by atomic mass is 9.62. The highest BCUT2D eigenvalue weighted by Gasteiger charge is 2.53. The SMILES string of the molecule is CC1(C)CC(=O)C2=C(C1)N(c1ccc(Oc3ccc(N)cc3)cc1)C1=C(C(=O)CCC1(C)C)C2[C@H](O)[C@@H](O)[C@H](O)[C@H](O)CO. The van der Waals surface area contributed by atoms with Crippen LogP contribution in [-0.4, -0.2) is 68.1 Å². The quantitative estimate of drug-likeness (QED) is 0.245. The largest absolute Gasteiger partial charge is 0.457 e. The Hall–Kier alpha value is -3.54. The summed E-state index contributed by atoms with van der Waals surface area (Å²) in [4.78, 5) is 29.7. The predicted molar refractivity (Wildman–Crippen MR) is 165 cm³/mol. The fourth-order valence-electron chi connectivity index (χ4n) is 6.75. The number of aliphatic hydroxyl groups excluding tert-OH is 5. The van der Waals surface area contributed by atoms with E-state index >= 15 is 0 Å². The molecule has 1 heterocycles. The number of ether oxygens (including phenoxy) is 1. The molecule has 2 aromatic carbocycles. The smallest absolute Gasteiger partial charge is 0.161 e. The van der Waals surface area contributed by atoms with E-state index in [1.165, 1.54) is 0 Å². The number of rotatable bonds is 8. The van der Waals surface area contributed by atoms with Crippen molar-refractivity contribution in [3.63, 3.8) is 0 Å². The van der Waals surface area contributed by atoms with Crippen molar-refractivity contribution >= 4 is 22.9 Å². The minimum Gasteiger partial charge on any atom is -0.457 e. The number of nitrogens with zero attached hydrogens (tertiary/aromatic N) is 1. The average molecular weight is 607 g/mol. The number of nitrogen functional groups attached to an aromatic ring is 1. The first-order valence-electron chi connectivity index (χ1n) is 15.0. The number of Topliss-reactive ketones (excluding diaryl/α,β-unsaturated/α-hetero) is 2. The normalized spacial score (nSPS) is 23.9. The number of benzene rings is 2. The average Bonchev–Trinajstić information content (AvgIpc) is 2.97. The first kappa shape index (κ1) is 31.9. The molecule has 44 heavy (non-hydrogen) atoms. The molecule has 0 radical (unpaired) electrons. The van der Waals surface area contributed by atoms with Gasteiger partial charge in [0.25, 0.3) is 0 Å². The maximum absolute atomic E-state index is 14.0. The minimum atomic E-state index is -1.94. The zero-order valence-electron chi connectivity index (χ0n) is 25.5. The third kappa shape index (κ3) is 5.80. The fraction of sp³-hybridized carbons (Fsp3) is 0.471. The summed E-state index contributed by atoms with van der Waals surface area (Å²) in [5.41, 5.74) is 7.78. The van der Waals surface area contributed by atoms with Crippen LogP contribution in [0.25, 0.3) is 0 Å². The maximum atomic E-state index is 14.0. The Kier molecular flexibility index (Phi) is 8.52. The Morgan fingerprint density at radius 1 is 0.864 bits per heavy atom. The van der Waals surface area contributed by atoms with Gasteiger partial charge in [-0.1, -0.05) is 27.7 Å². The molecule has 236 valence electrons. The molecule has 10 heteroatoms. The van der Waals surface area contributed by atoms with E-state index in [4.69, 9.17) is 10.5 Å². The molecule has 5 atom stereocenters. The number of anilines is 2. The lowest BCUT2D eigenvalue weighted by molar-refractivity contribution is -0.130. The molecule has 0 amide bonds. The maximum Gasteiger partial charge on any atom is 0.161 e. The Bertz CT molecular complexity index is 1490. The molecule has 5 rings (SSSR count). The van der Waals surface area contributed by atoms with E-state index in [1.807, 2.05) is 44.7 Å². The summed E-state index contributed by atoms with van der Waals surface area (Å²) < 4.78 is 5.99. The van der Waals surface area contributed by atoms with E-state index in [2.05, 4.69) is 0 Å². The van der Waals surface area contributed by atoms with Gasteiger partial charge in [0.1, 0.15) is 29.8 Å². The molecule has 2 aromatic rings. The highest BCUT2D eigenvalue weighted by Crippen LogP contribution is 2.55. The van der Waals surface area contributed by atoms with Gasteiger partial charge in [-0.3, -0.25) is 9.59 Å². The molecule has 0 fully saturated rings. The van der Waals surface area contributed by atoms with Gasteiger partial charge < -0.3 is 40.9 Å². The summed E-state index contributed by atoms with van der Waals surface area (Å²) in [5, 5.41) is 52.5. The predicted octanol–water partition coefficient (Wildman–Crippen LogP) is 3.22. The van der Waals surface area contributed by atoms with Gasteiger partial charge in [-0.25, -0.2) is 0 Å². The number of allylic oxidation sites excluding steroid dienone is 2. The van der Waals surface area contributed by atoms with Crippen LogP contribution >= 0.6 is 0 Å². The van der Waals surface area contributed by atoms with E-state index in [1.54, 1.807) is 36.4 Å². The van der Waals surface area contributed by atoms with E-state index in [0.29, 0.717) is 47.1 Å². The van der Waals surface area contributed by atoms with Crippen molar-refractivity contribution in [2.24, 2.45) is 16.7 Å². The first-order valence-corrected chi connectivity index (χ1v) is 15.0. The van der Waals surface area contributed by atoms with Crippen LogP contribution < -0.4 is 15.4 Å². The van der Waals surface area contributed by atoms with Gasteiger partial charge in [-0.05, 0) is 66.8 Å². The first-order chi connectivity index (χ1) is 20.6. The minimum absolute atomic E-state index is 0.162. The van der Waals surface area contributed by atoms with Gasteiger partial charge in [0.15, 0.2) is 11.6 Å². The van der Waals surface area contributed by atoms with E-state index in [0.717, 1.165) is 0 Å². The molecule has 0 saturated carbocycles. The van der Waals surface area contributed by atoms with Crippen molar-refractivity contribution < 1.29 is 39.9 Å². The van der Waals surface area contributed by atoms with Gasteiger partial charge in [0, 0.05) is 58.1 Å². The number of ketones is 2. The van der Waals surface area contributed by atoms with Crippen LogP contribution in [0.5, 0.6) is 11.5 Å². The van der Waals surface area contributed by atoms with Crippen molar-refractivity contribution in [2.75, 3.05) is 17.2 Å². The van der Waals surface area contributed by atoms with Crippen molar-refractivity contribution in [1.82, 2.24) is 0 Å². The summed E-state index contributed by atoms with van der Waals surface area (Å²) in [6.45, 7) is 7.14. The van der Waals surface area contributed by atoms with Crippen LogP contribution in [0.4, 0.5) is 11.4 Å². The van der Waals surface area contributed by atoms with Crippen LogP contribution in [-0.2, 0) is 9.59 Å². The van der Waals surface area contributed by atoms with Crippen LogP contribution in [0, 0.1) is 16.7 Å². The molecule has 0 bridgehead atoms. The molecule has 0 aromatic heterocycles. The molecule has 2 aliphatic carbocycles. The van der Waals surface area contributed by atoms with Gasteiger partial charge in [-0.2, -0.15) is 0 Å². The Labute approximate surface area is 257 Å². The number of aliphatic hydroxyl groups is 5. The zero-order valence-corrected chi connectivity index (χ0v) is 25.5. The van der Waals surface area contributed by atoms with Crippen LogP contribution in [0.2, 0.25) is 0 Å². The Morgan fingerprint density at radius 2 is 1.45 bits per heavy atom. The van der Waals surface area contributed by atoms with E-state index < -0.39 is 47.8 Å². The molecule has 0 saturated heterocycles. The molecule has 3 aliphatic rings. The lowest BCUT2D eigenvalue weighted by Gasteiger charge is -2.52. The number of hydrogen-bond donors (Lipinski definition) is 6. The topological polar surface area (TPSA) is 174 Å².